The predicted octanol–water partition coefficient (Wildman–Crippen LogP) is 2.24. The molecule has 23 heavy (non-hydrogen) atoms. The zero-order valence-electron chi connectivity index (χ0n) is 12.0. The number of rotatable bonds is 2. The molecule has 1 N–H and O–H groups in total. The summed E-state index contributed by atoms with van der Waals surface area (Å²) in [6, 6.07) is 2.50. The van der Waals surface area contributed by atoms with Gasteiger partial charge in [0.25, 0.3) is 5.91 Å². The maximum atomic E-state index is 13.0. The molecule has 1 saturated heterocycles. The molecule has 1 amide bonds. The van der Waals surface area contributed by atoms with Crippen molar-refractivity contribution in [2.45, 2.75) is 24.9 Å². The average Bonchev–Trinajstić information content (AvgIpc) is 3.08. The summed E-state index contributed by atoms with van der Waals surface area (Å²) in [6.45, 7) is 0.743. The van der Waals surface area contributed by atoms with Crippen LogP contribution in [0.2, 0.25) is 0 Å². The van der Waals surface area contributed by atoms with E-state index in [1.165, 1.54) is 23.4 Å². The van der Waals surface area contributed by atoms with Crippen molar-refractivity contribution >= 4 is 5.91 Å². The van der Waals surface area contributed by atoms with E-state index < -0.39 is 23.3 Å². The van der Waals surface area contributed by atoms with Gasteiger partial charge in [0.15, 0.2) is 5.69 Å². The molecular weight excluding hydrogens is 311 g/mol. The van der Waals surface area contributed by atoms with Gasteiger partial charge in [-0.1, -0.05) is 0 Å². The minimum absolute atomic E-state index is 0.137. The van der Waals surface area contributed by atoms with Gasteiger partial charge in [-0.05, 0) is 25.0 Å². The van der Waals surface area contributed by atoms with Crippen molar-refractivity contribution < 1.29 is 18.0 Å². The van der Waals surface area contributed by atoms with Crippen molar-refractivity contribution in [1.29, 1.82) is 0 Å². The van der Waals surface area contributed by atoms with Crippen LogP contribution >= 0.6 is 0 Å². The lowest BCUT2D eigenvalue weighted by Crippen LogP contribution is -2.39. The number of hydrogen-bond donors (Lipinski definition) is 1. The molecule has 2 aromatic heterocycles. The third-order valence-electron chi connectivity index (χ3n) is 3.91. The van der Waals surface area contributed by atoms with Crippen molar-refractivity contribution in [1.82, 2.24) is 25.1 Å². The van der Waals surface area contributed by atoms with Crippen LogP contribution in [0.4, 0.5) is 13.2 Å². The quantitative estimate of drug-likeness (QED) is 0.919. The average molecular weight is 325 g/mol. The van der Waals surface area contributed by atoms with E-state index in [4.69, 9.17) is 0 Å². The lowest BCUT2D eigenvalue weighted by molar-refractivity contribution is -0.141. The second kappa shape index (κ2) is 5.98. The molecule has 0 atom stereocenters. The lowest BCUT2D eigenvalue weighted by atomic mass is 9.95. The first-order valence-electron chi connectivity index (χ1n) is 7.13. The molecule has 3 rings (SSSR count). The lowest BCUT2D eigenvalue weighted by Gasteiger charge is -2.31. The van der Waals surface area contributed by atoms with Gasteiger partial charge in [-0.3, -0.25) is 14.9 Å². The SMILES string of the molecule is O=C(c1cccnc1C(F)(F)F)N1CCC(c2ncn[nH]2)CC1. The number of carbonyl (C=O) groups is 1. The Balaban J connectivity index is 1.73. The summed E-state index contributed by atoms with van der Waals surface area (Å²) >= 11 is 0. The summed E-state index contributed by atoms with van der Waals surface area (Å²) in [5.41, 5.74) is -1.54. The van der Waals surface area contributed by atoms with Crippen LogP contribution in [0.15, 0.2) is 24.7 Å². The second-order valence-corrected chi connectivity index (χ2v) is 5.33. The number of nitrogens with one attached hydrogen (secondary N) is 1. The van der Waals surface area contributed by atoms with Gasteiger partial charge in [-0.2, -0.15) is 18.3 Å². The normalized spacial score (nSPS) is 16.6. The zero-order chi connectivity index (χ0) is 16.4. The molecule has 0 bridgehead atoms. The number of H-pyrrole nitrogens is 1. The first-order valence-corrected chi connectivity index (χ1v) is 7.13. The van der Waals surface area contributed by atoms with E-state index >= 15 is 0 Å². The molecule has 0 radical (unpaired) electrons. The van der Waals surface area contributed by atoms with Crippen molar-refractivity contribution in [3.63, 3.8) is 0 Å². The Labute approximate surface area is 129 Å². The molecule has 1 fully saturated rings. The molecule has 0 unspecified atom stereocenters. The van der Waals surface area contributed by atoms with Crippen LogP contribution in [0.1, 0.15) is 40.6 Å². The van der Waals surface area contributed by atoms with Crippen LogP contribution in [0.5, 0.6) is 0 Å². The smallest absolute Gasteiger partial charge is 0.339 e. The largest absolute Gasteiger partial charge is 0.434 e. The summed E-state index contributed by atoms with van der Waals surface area (Å²) in [6.07, 6.45) is -0.941. The number of alkyl halides is 3. The number of nitrogens with zero attached hydrogens (tertiary/aromatic N) is 4. The second-order valence-electron chi connectivity index (χ2n) is 5.33. The molecule has 0 aromatic carbocycles. The van der Waals surface area contributed by atoms with Crippen LogP contribution in [0.25, 0.3) is 0 Å². The molecule has 0 aliphatic carbocycles. The van der Waals surface area contributed by atoms with E-state index in [0.29, 0.717) is 25.9 Å². The van der Waals surface area contributed by atoms with E-state index in [2.05, 4.69) is 20.2 Å². The standard InChI is InChI=1S/C14H14F3N5O/c15-14(16,17)11-10(2-1-5-18-11)13(23)22-6-3-9(4-7-22)12-19-8-20-21-12/h1-2,5,8-9H,3-4,6-7H2,(H,19,20,21). The zero-order valence-corrected chi connectivity index (χ0v) is 12.0. The fourth-order valence-corrected chi connectivity index (χ4v) is 2.74. The number of hydrogen-bond acceptors (Lipinski definition) is 4. The summed E-state index contributed by atoms with van der Waals surface area (Å²) < 4.78 is 38.9. The Kier molecular flexibility index (Phi) is 4.01. The maximum Gasteiger partial charge on any atom is 0.434 e. The van der Waals surface area contributed by atoms with Crippen LogP contribution < -0.4 is 0 Å². The Morgan fingerprint density at radius 1 is 1.26 bits per heavy atom. The van der Waals surface area contributed by atoms with Gasteiger partial charge in [-0.15, -0.1) is 0 Å². The number of aromatic nitrogens is 4. The topological polar surface area (TPSA) is 74.8 Å². The fraction of sp³-hybridized carbons (Fsp3) is 0.429. The van der Waals surface area contributed by atoms with E-state index in [-0.39, 0.29) is 5.92 Å². The van der Waals surface area contributed by atoms with Crippen molar-refractivity contribution in [2.75, 3.05) is 13.1 Å². The summed E-state index contributed by atoms with van der Waals surface area (Å²) in [5, 5.41) is 6.58. The highest BCUT2D eigenvalue weighted by Gasteiger charge is 2.38. The van der Waals surface area contributed by atoms with Gasteiger partial charge < -0.3 is 4.90 Å². The molecule has 9 heteroatoms. The number of halogens is 3. The number of likely N-dealkylation sites (tertiary alicyclic amines) is 1. The van der Waals surface area contributed by atoms with Crippen LogP contribution in [0, 0.1) is 0 Å². The third-order valence-corrected chi connectivity index (χ3v) is 3.91. The number of pyridine rings is 1. The summed E-state index contributed by atoms with van der Waals surface area (Å²) in [7, 11) is 0. The van der Waals surface area contributed by atoms with E-state index in [1.807, 2.05) is 0 Å². The molecular formula is C14H14F3N5O. The minimum Gasteiger partial charge on any atom is -0.339 e. The highest BCUT2D eigenvalue weighted by atomic mass is 19.4. The minimum atomic E-state index is -4.65. The van der Waals surface area contributed by atoms with Crippen molar-refractivity contribution in [2.24, 2.45) is 0 Å². The predicted molar refractivity (Wildman–Crippen MR) is 73.5 cm³/mol. The monoisotopic (exact) mass is 325 g/mol. The Morgan fingerprint density at radius 3 is 2.61 bits per heavy atom. The van der Waals surface area contributed by atoms with E-state index in [0.717, 1.165) is 12.0 Å². The van der Waals surface area contributed by atoms with Gasteiger partial charge in [0.1, 0.15) is 12.2 Å². The highest BCUT2D eigenvalue weighted by Crippen LogP contribution is 2.32. The number of carbonyl (C=O) groups excluding carboxylic acids is 1. The molecule has 0 saturated carbocycles. The first kappa shape index (κ1) is 15.4. The van der Waals surface area contributed by atoms with Crippen molar-refractivity contribution in [3.8, 4) is 0 Å². The Morgan fingerprint density at radius 2 is 2.00 bits per heavy atom. The summed E-state index contributed by atoms with van der Waals surface area (Å²) in [5.74, 6) is 0.244. The Bertz CT molecular complexity index is 678. The fourth-order valence-electron chi connectivity index (χ4n) is 2.74. The Hall–Kier alpha value is -2.45. The van der Waals surface area contributed by atoms with Crippen molar-refractivity contribution in [3.05, 3.63) is 41.7 Å². The van der Waals surface area contributed by atoms with Crippen LogP contribution in [0.3, 0.4) is 0 Å². The molecule has 0 spiro atoms. The van der Waals surface area contributed by atoms with Gasteiger partial charge in [-0.25, -0.2) is 4.98 Å². The molecule has 122 valence electrons. The van der Waals surface area contributed by atoms with Gasteiger partial charge in [0, 0.05) is 25.2 Å². The van der Waals surface area contributed by atoms with Gasteiger partial charge in [0.05, 0.1) is 5.56 Å². The summed E-state index contributed by atoms with van der Waals surface area (Å²) in [4.78, 5) is 21.3. The molecule has 6 nitrogen and oxygen atoms in total. The highest BCUT2D eigenvalue weighted by molar-refractivity contribution is 5.95. The number of piperidine rings is 1. The van der Waals surface area contributed by atoms with Crippen LogP contribution in [-0.4, -0.2) is 44.1 Å². The number of amides is 1. The van der Waals surface area contributed by atoms with Crippen LogP contribution in [-0.2, 0) is 6.18 Å². The maximum absolute atomic E-state index is 13.0. The van der Waals surface area contributed by atoms with Gasteiger partial charge in [0.2, 0.25) is 0 Å². The molecule has 1 aliphatic heterocycles. The van der Waals surface area contributed by atoms with Gasteiger partial charge >= 0.3 is 6.18 Å². The number of aromatic amines is 1. The third kappa shape index (κ3) is 3.17. The molecule has 2 aromatic rings. The van der Waals surface area contributed by atoms with E-state index in [1.54, 1.807) is 0 Å². The van der Waals surface area contributed by atoms with E-state index in [9.17, 15) is 18.0 Å². The first-order chi connectivity index (χ1) is 11.0. The molecule has 3 heterocycles. The molecule has 1 aliphatic rings.